The zero-order valence-corrected chi connectivity index (χ0v) is 41.1. The van der Waals surface area contributed by atoms with Gasteiger partial charge < -0.3 is 30.6 Å². The molecule has 18 heteroatoms. The van der Waals surface area contributed by atoms with Crippen LogP contribution in [0.2, 0.25) is 0 Å². The normalized spacial score (nSPS) is 11.1. The second-order valence-corrected chi connectivity index (χ2v) is 16.5. The average molecular weight is 1010 g/mol. The molecule has 8 rings (SSSR count). The van der Waals surface area contributed by atoms with Crippen molar-refractivity contribution in [1.82, 2.24) is 39.9 Å². The molecule has 8 aromatic rings. The van der Waals surface area contributed by atoms with Crippen LogP contribution in [0.3, 0.4) is 0 Å². The van der Waals surface area contributed by atoms with E-state index in [9.17, 15) is 24.0 Å². The van der Waals surface area contributed by atoms with Gasteiger partial charge >= 0.3 is 12.2 Å². The van der Waals surface area contributed by atoms with Crippen molar-refractivity contribution in [2.24, 2.45) is 5.73 Å². The van der Waals surface area contributed by atoms with E-state index < -0.39 is 18.2 Å². The number of ether oxygens (including phenoxy) is 2. The first kappa shape index (κ1) is 54.7. The molecule has 0 aliphatic carbocycles. The maximum atomic E-state index is 13.4. The quantitative estimate of drug-likeness (QED) is 0.0276. The van der Waals surface area contributed by atoms with Gasteiger partial charge in [-0.05, 0) is 72.5 Å². The molecule has 4 heterocycles. The number of terminal acetylenes is 2. The number of unbranched alkanes of at least 4 members (excludes halogenated alkanes) is 1. The van der Waals surface area contributed by atoms with Gasteiger partial charge in [0.05, 0.1) is 28.5 Å². The highest BCUT2D eigenvalue weighted by atomic mass is 16.6. The lowest BCUT2D eigenvalue weighted by Gasteiger charge is -2.21. The predicted molar refractivity (Wildman–Crippen MR) is 289 cm³/mol. The average Bonchev–Trinajstić information content (AvgIpc) is 3.45. The number of hydrogen-bond donors (Lipinski definition) is 5. The Labute approximate surface area is 433 Å². The minimum atomic E-state index is -0.562. The maximum absolute atomic E-state index is 13.4. The third-order valence-electron chi connectivity index (χ3n) is 10.9. The second-order valence-electron chi connectivity index (χ2n) is 16.5. The van der Waals surface area contributed by atoms with Gasteiger partial charge in [-0.25, -0.2) is 38.9 Å². The smallest absolute Gasteiger partial charge is 0.407 e. The van der Waals surface area contributed by atoms with Gasteiger partial charge in [0.1, 0.15) is 31.1 Å². The summed E-state index contributed by atoms with van der Waals surface area (Å²) >= 11 is 0. The molecule has 4 aromatic carbocycles. The lowest BCUT2D eigenvalue weighted by atomic mass is 9.97. The summed E-state index contributed by atoms with van der Waals surface area (Å²) in [5.74, 6) is 6.00. The van der Waals surface area contributed by atoms with Crippen LogP contribution in [0, 0.1) is 24.7 Å². The molecule has 0 aliphatic heterocycles. The van der Waals surface area contributed by atoms with Crippen molar-refractivity contribution in [3.63, 3.8) is 0 Å². The standard InChI is InChI=1S/C29H29N5O3.C17H15N5O.C11H13NO3/c1-2-12-23(15-9-10-19-31-29(36)37-21-22-13-5-3-6-14-22)27-32-25-18-11-20-30-26(25)28(35)34(27)33-24-16-7-4-8-17-24;1-2-7-13(18)16-20-14-10-6-11-19-15(14)17(23)22(16)21-12-8-4-3-5-9-12;13-8-4-7-12-11(14)15-9-10-5-2-1-3-6-10/h1,3-8,11,13-14,16-18,20,23,33H,9-10,12,15,19,21H2,(H,31,36);1,3-6,8-11,13,21H,7,18H2;1-3,5-6,8H,4,7,9H2,(H,12,14)/t23-;13-;/m01./s1. The number of aldehydes is 1. The zero-order valence-electron chi connectivity index (χ0n) is 41.1. The molecular weight excluding hydrogens is 951 g/mol. The summed E-state index contributed by atoms with van der Waals surface area (Å²) in [6.45, 7) is 1.26. The molecule has 0 radical (unpaired) electrons. The van der Waals surface area contributed by atoms with Crippen LogP contribution >= 0.6 is 0 Å². The number of rotatable bonds is 20. The van der Waals surface area contributed by atoms with Gasteiger partial charge in [0, 0.05) is 50.7 Å². The van der Waals surface area contributed by atoms with Crippen molar-refractivity contribution < 1.29 is 23.9 Å². The van der Waals surface area contributed by atoms with E-state index >= 15 is 0 Å². The molecule has 0 bridgehead atoms. The summed E-state index contributed by atoms with van der Waals surface area (Å²) < 4.78 is 12.9. The number of fused-ring (bicyclic) bond motifs is 2. The molecule has 0 spiro atoms. The fourth-order valence-electron chi connectivity index (χ4n) is 7.26. The van der Waals surface area contributed by atoms with Crippen LogP contribution in [0.5, 0.6) is 0 Å². The molecule has 18 nitrogen and oxygen atoms in total. The Bertz CT molecular complexity index is 3290. The van der Waals surface area contributed by atoms with E-state index in [2.05, 4.69) is 48.3 Å². The lowest BCUT2D eigenvalue weighted by Crippen LogP contribution is -2.34. The van der Waals surface area contributed by atoms with Gasteiger partial charge in [-0.1, -0.05) is 103 Å². The van der Waals surface area contributed by atoms with Gasteiger partial charge in [0.25, 0.3) is 11.1 Å². The molecular formula is C57H57N11O7. The summed E-state index contributed by atoms with van der Waals surface area (Å²) in [6.07, 6.45) is 17.2. The number of anilines is 2. The van der Waals surface area contributed by atoms with E-state index in [0.717, 1.165) is 41.6 Å². The molecule has 2 amide bonds. The number of amides is 2. The molecule has 0 saturated carbocycles. The van der Waals surface area contributed by atoms with Crippen LogP contribution in [0.4, 0.5) is 21.0 Å². The highest BCUT2D eigenvalue weighted by Crippen LogP contribution is 2.25. The Kier molecular flexibility index (Phi) is 21.6. The van der Waals surface area contributed by atoms with Crippen LogP contribution in [0.15, 0.2) is 168 Å². The third kappa shape index (κ3) is 17.0. The Morgan fingerprint density at radius 3 is 1.53 bits per heavy atom. The summed E-state index contributed by atoms with van der Waals surface area (Å²) in [6, 6.07) is 44.1. The Balaban J connectivity index is 0.000000204. The van der Waals surface area contributed by atoms with E-state index in [-0.39, 0.29) is 47.7 Å². The van der Waals surface area contributed by atoms with E-state index in [4.69, 9.17) is 33.0 Å². The van der Waals surface area contributed by atoms with Gasteiger partial charge in [0.15, 0.2) is 11.0 Å². The molecule has 6 N–H and O–H groups in total. The van der Waals surface area contributed by atoms with E-state index in [1.165, 1.54) is 9.35 Å². The number of hydrogen-bond acceptors (Lipinski definition) is 14. The van der Waals surface area contributed by atoms with E-state index in [0.29, 0.717) is 55.0 Å². The Hall–Kier alpha value is -9.65. The van der Waals surface area contributed by atoms with Crippen LogP contribution < -0.4 is 38.3 Å². The number of nitrogens with one attached hydrogen (secondary N) is 4. The van der Waals surface area contributed by atoms with Gasteiger partial charge in [-0.15, -0.1) is 24.7 Å². The molecule has 0 unspecified atom stereocenters. The molecule has 4 aromatic heterocycles. The van der Waals surface area contributed by atoms with Crippen LogP contribution in [-0.4, -0.2) is 60.9 Å². The van der Waals surface area contributed by atoms with Crippen molar-refractivity contribution in [3.8, 4) is 24.7 Å². The molecule has 75 heavy (non-hydrogen) atoms. The highest BCUT2D eigenvalue weighted by Gasteiger charge is 2.21. The number of carbonyl (C=O) groups excluding carboxylic acids is 3. The number of aromatic nitrogens is 6. The lowest BCUT2D eigenvalue weighted by molar-refractivity contribution is -0.107. The number of alkyl carbamates (subject to hydrolysis) is 2. The number of pyridine rings is 2. The first-order chi connectivity index (χ1) is 36.7. The van der Waals surface area contributed by atoms with Crippen molar-refractivity contribution in [2.75, 3.05) is 23.9 Å². The largest absolute Gasteiger partial charge is 0.445 e. The Morgan fingerprint density at radius 2 is 1.05 bits per heavy atom. The summed E-state index contributed by atoms with van der Waals surface area (Å²) in [5, 5.41) is 5.24. The van der Waals surface area contributed by atoms with Crippen LogP contribution in [-0.2, 0) is 27.5 Å². The molecule has 2 atom stereocenters. The van der Waals surface area contributed by atoms with Crippen LogP contribution in [0.1, 0.15) is 73.3 Å². The van der Waals surface area contributed by atoms with Crippen molar-refractivity contribution in [2.45, 2.75) is 63.7 Å². The first-order valence-corrected chi connectivity index (χ1v) is 24.0. The summed E-state index contributed by atoms with van der Waals surface area (Å²) in [7, 11) is 0. The Morgan fingerprint density at radius 1 is 0.600 bits per heavy atom. The summed E-state index contributed by atoms with van der Waals surface area (Å²) in [5.41, 5.74) is 16.6. The number of carbonyl (C=O) groups is 3. The minimum Gasteiger partial charge on any atom is -0.445 e. The number of nitrogens with zero attached hydrogens (tertiary/aromatic N) is 6. The zero-order chi connectivity index (χ0) is 53.0. The SMILES string of the molecule is C#CC[C@@H](CCCCNC(=O)OCc1ccccc1)c1nc2cccnc2c(=O)n1Nc1ccccc1.C#CC[C@@H](N)c1nc2cccnc2c(=O)n1Nc1ccccc1.O=CCCNC(=O)OCc1ccccc1. The monoisotopic (exact) mass is 1010 g/mol. The minimum absolute atomic E-state index is 0.163. The third-order valence-corrected chi connectivity index (χ3v) is 10.9. The van der Waals surface area contributed by atoms with Gasteiger partial charge in [-0.2, -0.15) is 0 Å². The van der Waals surface area contributed by atoms with E-state index in [1.807, 2.05) is 121 Å². The predicted octanol–water partition coefficient (Wildman–Crippen LogP) is 8.06. The molecule has 0 fully saturated rings. The summed E-state index contributed by atoms with van der Waals surface area (Å²) in [4.78, 5) is 76.7. The second kappa shape index (κ2) is 29.6. The van der Waals surface area contributed by atoms with Crippen LogP contribution in [0.25, 0.3) is 22.1 Å². The maximum Gasteiger partial charge on any atom is 0.407 e. The molecule has 0 aliphatic rings. The topological polar surface area (TPSA) is 239 Å². The molecule has 382 valence electrons. The number of nitrogens with two attached hydrogens (primary N) is 1. The fraction of sp³-hybridized carbons (Fsp3) is 0.211. The van der Waals surface area contributed by atoms with Crippen molar-refractivity contribution in [1.29, 1.82) is 0 Å². The fourth-order valence-corrected chi connectivity index (χ4v) is 7.26. The van der Waals surface area contributed by atoms with Gasteiger partial charge in [0.2, 0.25) is 0 Å². The van der Waals surface area contributed by atoms with E-state index in [1.54, 1.807) is 36.7 Å². The highest BCUT2D eigenvalue weighted by molar-refractivity contribution is 5.74. The first-order valence-electron chi connectivity index (χ1n) is 24.0. The van der Waals surface area contributed by atoms with Crippen molar-refractivity contribution in [3.05, 3.63) is 201 Å². The molecule has 0 saturated heterocycles. The van der Waals surface area contributed by atoms with Crippen molar-refractivity contribution >= 4 is 51.9 Å². The number of para-hydroxylation sites is 2. The van der Waals surface area contributed by atoms with Gasteiger partial charge in [-0.3, -0.25) is 20.4 Å². The number of benzene rings is 4.